The summed E-state index contributed by atoms with van der Waals surface area (Å²) in [5.41, 5.74) is 1.23. The van der Waals surface area contributed by atoms with Crippen LogP contribution in [0.5, 0.6) is 0 Å². The molecule has 1 aromatic heterocycles. The van der Waals surface area contributed by atoms with Gasteiger partial charge in [-0.15, -0.1) is 0 Å². The lowest BCUT2D eigenvalue weighted by atomic mass is 9.93. The molecule has 1 N–H and O–H groups in total. The molecule has 1 aromatic rings. The van der Waals surface area contributed by atoms with Crippen molar-refractivity contribution >= 4 is 15.9 Å². The lowest BCUT2D eigenvalue weighted by molar-refractivity contribution is 0.225. The largest absolute Gasteiger partial charge is 0.395 e. The molecule has 0 radical (unpaired) electrons. The molecule has 1 aliphatic rings. The third kappa shape index (κ3) is 1.17. The molecule has 78 valence electrons. The van der Waals surface area contributed by atoms with Crippen LogP contribution in [0.4, 0.5) is 0 Å². The summed E-state index contributed by atoms with van der Waals surface area (Å²) in [5, 5.41) is 13.8. The number of aliphatic hydroxyl groups is 1. The Kier molecular flexibility index (Phi) is 2.05. The predicted octanol–water partition coefficient (Wildman–Crippen LogP) is 1.84. The number of hydrogen-bond acceptors (Lipinski definition) is 2. The van der Waals surface area contributed by atoms with Gasteiger partial charge in [-0.1, -0.05) is 13.8 Å². The van der Waals surface area contributed by atoms with Gasteiger partial charge in [-0.25, -0.2) is 0 Å². The molecule has 1 fully saturated rings. The number of halogens is 1. The Bertz CT molecular complexity index is 372. The van der Waals surface area contributed by atoms with Gasteiger partial charge in [0, 0.05) is 18.2 Å². The van der Waals surface area contributed by atoms with Crippen molar-refractivity contribution in [1.82, 2.24) is 9.78 Å². The Hall–Kier alpha value is -0.350. The Labute approximate surface area is 92.2 Å². The number of aliphatic hydroxyl groups excluding tert-OH is 1. The predicted molar refractivity (Wildman–Crippen MR) is 58.1 cm³/mol. The molecule has 14 heavy (non-hydrogen) atoms. The molecular formula is C10H15BrN2O. The van der Waals surface area contributed by atoms with E-state index in [0.717, 1.165) is 16.7 Å². The quantitative estimate of drug-likeness (QED) is 0.880. The fraction of sp³-hybridized carbons (Fsp3) is 0.700. The third-order valence-corrected chi connectivity index (χ3v) is 3.91. The van der Waals surface area contributed by atoms with Gasteiger partial charge in [0.2, 0.25) is 0 Å². The lowest BCUT2D eigenvalue weighted by Crippen LogP contribution is -2.22. The van der Waals surface area contributed by atoms with Crippen molar-refractivity contribution in [2.75, 3.05) is 6.61 Å². The van der Waals surface area contributed by atoms with Crippen molar-refractivity contribution in [1.29, 1.82) is 0 Å². The molecule has 0 aromatic carbocycles. The summed E-state index contributed by atoms with van der Waals surface area (Å²) in [6.07, 6.45) is 1.03. The lowest BCUT2D eigenvalue weighted by Gasteiger charge is -2.17. The normalized spacial score (nSPS) is 29.2. The smallest absolute Gasteiger partial charge is 0.128 e. The first kappa shape index (κ1) is 10.2. The second kappa shape index (κ2) is 2.83. The van der Waals surface area contributed by atoms with Crippen LogP contribution in [0.25, 0.3) is 0 Å². The highest BCUT2D eigenvalue weighted by Crippen LogP contribution is 2.63. The monoisotopic (exact) mass is 258 g/mol. The van der Waals surface area contributed by atoms with E-state index in [1.54, 1.807) is 0 Å². The van der Waals surface area contributed by atoms with E-state index >= 15 is 0 Å². The zero-order valence-electron chi connectivity index (χ0n) is 8.71. The van der Waals surface area contributed by atoms with E-state index in [2.05, 4.69) is 34.9 Å². The first-order valence-electron chi connectivity index (χ1n) is 4.74. The molecule has 1 aliphatic carbocycles. The van der Waals surface area contributed by atoms with Crippen LogP contribution in [-0.2, 0) is 12.5 Å². The number of hydrogen-bond donors (Lipinski definition) is 1. The molecule has 0 amide bonds. The van der Waals surface area contributed by atoms with Crippen LogP contribution >= 0.6 is 15.9 Å². The zero-order chi connectivity index (χ0) is 10.6. The van der Waals surface area contributed by atoms with Crippen molar-refractivity contribution in [3.05, 3.63) is 16.4 Å². The standard InChI is InChI=1S/C10H15BrN2O/c1-9(2)5-10(9,6-14)7-4-8(11)12-13(7)3/h4,14H,5-6H2,1-3H3. The molecular weight excluding hydrogens is 244 g/mol. The van der Waals surface area contributed by atoms with Crippen molar-refractivity contribution in [2.24, 2.45) is 12.5 Å². The second-order valence-electron chi connectivity index (χ2n) is 4.78. The van der Waals surface area contributed by atoms with Crippen LogP contribution in [0.15, 0.2) is 10.7 Å². The van der Waals surface area contributed by atoms with Gasteiger partial charge in [-0.3, -0.25) is 4.68 Å². The van der Waals surface area contributed by atoms with E-state index in [4.69, 9.17) is 0 Å². The van der Waals surface area contributed by atoms with E-state index in [1.807, 2.05) is 17.8 Å². The average Bonchev–Trinajstić information content (AvgIpc) is 2.48. The highest BCUT2D eigenvalue weighted by Gasteiger charge is 2.63. The maximum atomic E-state index is 9.52. The minimum Gasteiger partial charge on any atom is -0.395 e. The van der Waals surface area contributed by atoms with Gasteiger partial charge in [-0.2, -0.15) is 5.10 Å². The zero-order valence-corrected chi connectivity index (χ0v) is 10.3. The van der Waals surface area contributed by atoms with E-state index in [0.29, 0.717) is 0 Å². The molecule has 2 rings (SSSR count). The van der Waals surface area contributed by atoms with Crippen LogP contribution in [0, 0.1) is 5.41 Å². The van der Waals surface area contributed by atoms with Crippen LogP contribution < -0.4 is 0 Å². The number of nitrogens with zero attached hydrogens (tertiary/aromatic N) is 2. The molecule has 1 unspecified atom stereocenters. The maximum absolute atomic E-state index is 9.52. The van der Waals surface area contributed by atoms with Gasteiger partial charge in [0.1, 0.15) is 4.60 Å². The van der Waals surface area contributed by atoms with Crippen molar-refractivity contribution < 1.29 is 5.11 Å². The highest BCUT2D eigenvalue weighted by atomic mass is 79.9. The van der Waals surface area contributed by atoms with Crippen molar-refractivity contribution in [2.45, 2.75) is 25.7 Å². The molecule has 4 heteroatoms. The van der Waals surface area contributed by atoms with Gasteiger partial charge in [0.25, 0.3) is 0 Å². The van der Waals surface area contributed by atoms with Gasteiger partial charge in [0.15, 0.2) is 0 Å². The van der Waals surface area contributed by atoms with Crippen molar-refractivity contribution in [3.63, 3.8) is 0 Å². The van der Waals surface area contributed by atoms with Crippen LogP contribution in [0.1, 0.15) is 26.0 Å². The Morgan fingerprint density at radius 3 is 2.50 bits per heavy atom. The van der Waals surface area contributed by atoms with Gasteiger partial charge < -0.3 is 5.11 Å². The van der Waals surface area contributed by atoms with Gasteiger partial charge in [-0.05, 0) is 33.8 Å². The average molecular weight is 259 g/mol. The molecule has 0 saturated heterocycles. The minimum absolute atomic E-state index is 0.0826. The molecule has 1 heterocycles. The topological polar surface area (TPSA) is 38.0 Å². The number of aromatic nitrogens is 2. The summed E-state index contributed by atoms with van der Waals surface area (Å²) in [6, 6.07) is 2.00. The first-order valence-corrected chi connectivity index (χ1v) is 5.53. The maximum Gasteiger partial charge on any atom is 0.128 e. The van der Waals surface area contributed by atoms with Crippen LogP contribution in [0.2, 0.25) is 0 Å². The summed E-state index contributed by atoms with van der Waals surface area (Å²) in [4.78, 5) is 0. The van der Waals surface area contributed by atoms with Crippen molar-refractivity contribution in [3.8, 4) is 0 Å². The summed E-state index contributed by atoms with van der Waals surface area (Å²) < 4.78 is 2.69. The van der Waals surface area contributed by atoms with Gasteiger partial charge >= 0.3 is 0 Å². The third-order valence-electron chi connectivity index (χ3n) is 3.52. The second-order valence-corrected chi connectivity index (χ2v) is 5.59. The molecule has 0 bridgehead atoms. The number of aryl methyl sites for hydroxylation is 1. The first-order chi connectivity index (χ1) is 6.43. The number of rotatable bonds is 2. The van der Waals surface area contributed by atoms with Gasteiger partial charge in [0.05, 0.1) is 6.61 Å². The summed E-state index contributed by atoms with van der Waals surface area (Å²) in [5.74, 6) is 0. The molecule has 1 saturated carbocycles. The molecule has 0 aliphatic heterocycles. The SMILES string of the molecule is Cn1nc(Br)cc1C1(CO)CC1(C)C. The summed E-state index contributed by atoms with van der Waals surface area (Å²) in [6.45, 7) is 4.57. The minimum atomic E-state index is -0.0826. The van der Waals surface area contributed by atoms with Crippen LogP contribution in [0.3, 0.4) is 0 Å². The van der Waals surface area contributed by atoms with Crippen LogP contribution in [-0.4, -0.2) is 21.5 Å². The van der Waals surface area contributed by atoms with E-state index in [1.165, 1.54) is 0 Å². The van der Waals surface area contributed by atoms with E-state index in [-0.39, 0.29) is 17.4 Å². The Morgan fingerprint density at radius 2 is 2.21 bits per heavy atom. The fourth-order valence-corrected chi connectivity index (χ4v) is 2.83. The van der Waals surface area contributed by atoms with E-state index < -0.39 is 0 Å². The molecule has 3 nitrogen and oxygen atoms in total. The Morgan fingerprint density at radius 1 is 1.64 bits per heavy atom. The summed E-state index contributed by atoms with van der Waals surface area (Å²) >= 11 is 3.36. The van der Waals surface area contributed by atoms with E-state index in [9.17, 15) is 5.11 Å². The highest BCUT2D eigenvalue weighted by molar-refractivity contribution is 9.10. The molecule has 1 atom stereocenters. The fourth-order valence-electron chi connectivity index (χ4n) is 2.38. The Balaban J connectivity index is 2.45. The molecule has 0 spiro atoms. The summed E-state index contributed by atoms with van der Waals surface area (Å²) in [7, 11) is 1.92.